The van der Waals surface area contributed by atoms with Crippen molar-refractivity contribution in [1.29, 1.82) is 0 Å². The van der Waals surface area contributed by atoms with Gasteiger partial charge in [0.25, 0.3) is 0 Å². The molecular formula is C9H20S. The maximum atomic E-state index is 4.58. The Kier molecular flexibility index (Phi) is 3.28. The minimum Gasteiger partial charge on any atom is -0.173 e. The summed E-state index contributed by atoms with van der Waals surface area (Å²) >= 11 is 4.58. The molecule has 0 bridgehead atoms. The summed E-state index contributed by atoms with van der Waals surface area (Å²) in [5, 5.41) is 0. The van der Waals surface area contributed by atoms with Crippen LogP contribution in [0.15, 0.2) is 0 Å². The van der Waals surface area contributed by atoms with Gasteiger partial charge in [-0.15, -0.1) is 0 Å². The molecule has 0 saturated carbocycles. The first kappa shape index (κ1) is 10.3. The summed E-state index contributed by atoms with van der Waals surface area (Å²) < 4.78 is 0.220. The molecule has 0 heterocycles. The SMILES string of the molecule is CCC(C)(S)CC(C)(C)C. The molecule has 62 valence electrons. The zero-order chi connectivity index (χ0) is 8.41. The van der Waals surface area contributed by atoms with Crippen molar-refractivity contribution in [3.63, 3.8) is 0 Å². The molecule has 0 spiro atoms. The first-order valence-electron chi connectivity index (χ1n) is 3.99. The van der Waals surface area contributed by atoms with E-state index in [4.69, 9.17) is 0 Å². The zero-order valence-electron chi connectivity index (χ0n) is 7.86. The van der Waals surface area contributed by atoms with Crippen LogP contribution in [0.25, 0.3) is 0 Å². The van der Waals surface area contributed by atoms with Gasteiger partial charge in [0.15, 0.2) is 0 Å². The van der Waals surface area contributed by atoms with Crippen LogP contribution in [0.5, 0.6) is 0 Å². The molecule has 0 aliphatic rings. The Morgan fingerprint density at radius 2 is 1.50 bits per heavy atom. The van der Waals surface area contributed by atoms with E-state index < -0.39 is 0 Å². The van der Waals surface area contributed by atoms with E-state index >= 15 is 0 Å². The van der Waals surface area contributed by atoms with Crippen molar-refractivity contribution < 1.29 is 0 Å². The molecule has 0 saturated heterocycles. The van der Waals surface area contributed by atoms with E-state index in [1.165, 1.54) is 6.42 Å². The van der Waals surface area contributed by atoms with Crippen molar-refractivity contribution in [2.75, 3.05) is 0 Å². The van der Waals surface area contributed by atoms with Gasteiger partial charge in [-0.2, -0.15) is 12.6 Å². The van der Waals surface area contributed by atoms with Gasteiger partial charge >= 0.3 is 0 Å². The van der Waals surface area contributed by atoms with E-state index in [2.05, 4.69) is 47.2 Å². The molecule has 0 aliphatic heterocycles. The quantitative estimate of drug-likeness (QED) is 0.587. The third-order valence-corrected chi connectivity index (χ3v) is 2.15. The van der Waals surface area contributed by atoms with Gasteiger partial charge in [-0.05, 0) is 18.3 Å². The topological polar surface area (TPSA) is 0 Å². The van der Waals surface area contributed by atoms with Gasteiger partial charge in [0.05, 0.1) is 0 Å². The van der Waals surface area contributed by atoms with Gasteiger partial charge in [0.1, 0.15) is 0 Å². The normalized spacial score (nSPS) is 18.6. The second kappa shape index (κ2) is 3.17. The molecule has 1 heteroatoms. The molecule has 0 aromatic carbocycles. The van der Waals surface area contributed by atoms with E-state index in [-0.39, 0.29) is 4.75 Å². The molecule has 0 aromatic heterocycles. The highest BCUT2D eigenvalue weighted by Gasteiger charge is 2.24. The van der Waals surface area contributed by atoms with Gasteiger partial charge in [0.2, 0.25) is 0 Å². The van der Waals surface area contributed by atoms with Crippen LogP contribution in [-0.2, 0) is 0 Å². The molecule has 0 radical (unpaired) electrons. The van der Waals surface area contributed by atoms with Gasteiger partial charge in [-0.25, -0.2) is 0 Å². The molecular weight excluding hydrogens is 140 g/mol. The van der Waals surface area contributed by atoms with E-state index in [1.807, 2.05) is 0 Å². The van der Waals surface area contributed by atoms with Crippen molar-refractivity contribution in [1.82, 2.24) is 0 Å². The van der Waals surface area contributed by atoms with Crippen LogP contribution < -0.4 is 0 Å². The molecule has 1 atom stereocenters. The molecule has 10 heavy (non-hydrogen) atoms. The lowest BCUT2D eigenvalue weighted by molar-refractivity contribution is 0.326. The Morgan fingerprint density at radius 1 is 1.10 bits per heavy atom. The molecule has 0 nitrogen and oxygen atoms in total. The zero-order valence-corrected chi connectivity index (χ0v) is 8.76. The van der Waals surface area contributed by atoms with E-state index in [0.29, 0.717) is 5.41 Å². The first-order valence-corrected chi connectivity index (χ1v) is 4.44. The first-order chi connectivity index (χ1) is 4.27. The van der Waals surface area contributed by atoms with Gasteiger partial charge in [-0.1, -0.05) is 34.6 Å². The van der Waals surface area contributed by atoms with E-state index in [0.717, 1.165) is 6.42 Å². The third kappa shape index (κ3) is 5.16. The van der Waals surface area contributed by atoms with E-state index in [9.17, 15) is 0 Å². The fraction of sp³-hybridized carbons (Fsp3) is 1.00. The molecule has 0 fully saturated rings. The van der Waals surface area contributed by atoms with Gasteiger partial charge < -0.3 is 0 Å². The van der Waals surface area contributed by atoms with Crippen molar-refractivity contribution in [2.24, 2.45) is 5.41 Å². The average molecular weight is 160 g/mol. The van der Waals surface area contributed by atoms with Crippen LogP contribution in [0.4, 0.5) is 0 Å². The monoisotopic (exact) mass is 160 g/mol. The summed E-state index contributed by atoms with van der Waals surface area (Å²) in [4.78, 5) is 0. The Labute approximate surface area is 70.8 Å². The third-order valence-electron chi connectivity index (χ3n) is 1.67. The summed E-state index contributed by atoms with van der Waals surface area (Å²) in [6.07, 6.45) is 2.33. The lowest BCUT2D eigenvalue weighted by Crippen LogP contribution is -2.23. The van der Waals surface area contributed by atoms with Gasteiger partial charge in [0, 0.05) is 4.75 Å². The number of thiol groups is 1. The minimum atomic E-state index is 0.220. The smallest absolute Gasteiger partial charge is 0.0104 e. The number of rotatable bonds is 2. The van der Waals surface area contributed by atoms with Crippen molar-refractivity contribution >= 4 is 12.6 Å². The van der Waals surface area contributed by atoms with Crippen molar-refractivity contribution in [3.8, 4) is 0 Å². The summed E-state index contributed by atoms with van der Waals surface area (Å²) in [5.74, 6) is 0. The number of hydrogen-bond donors (Lipinski definition) is 1. The van der Waals surface area contributed by atoms with Crippen LogP contribution in [-0.4, -0.2) is 4.75 Å². The summed E-state index contributed by atoms with van der Waals surface area (Å²) in [6, 6.07) is 0. The van der Waals surface area contributed by atoms with Crippen LogP contribution in [0.1, 0.15) is 47.5 Å². The molecule has 1 unspecified atom stereocenters. The molecule has 0 aliphatic carbocycles. The molecule has 0 rings (SSSR count). The lowest BCUT2D eigenvalue weighted by atomic mass is 9.84. The maximum absolute atomic E-state index is 4.58. The molecule has 0 amide bonds. The standard InChI is InChI=1S/C9H20S/c1-6-9(5,10)7-8(2,3)4/h10H,6-7H2,1-5H3. The largest absolute Gasteiger partial charge is 0.173 e. The van der Waals surface area contributed by atoms with Crippen LogP contribution >= 0.6 is 12.6 Å². The fourth-order valence-corrected chi connectivity index (χ4v) is 1.74. The maximum Gasteiger partial charge on any atom is 0.0104 e. The van der Waals surface area contributed by atoms with Crippen molar-refractivity contribution in [3.05, 3.63) is 0 Å². The second-order valence-corrected chi connectivity index (χ2v) is 5.67. The highest BCUT2D eigenvalue weighted by Crippen LogP contribution is 2.33. The fourth-order valence-electron chi connectivity index (χ4n) is 1.27. The number of hydrogen-bond acceptors (Lipinski definition) is 1. The van der Waals surface area contributed by atoms with Crippen LogP contribution in [0, 0.1) is 5.41 Å². The lowest BCUT2D eigenvalue weighted by Gasteiger charge is -2.30. The van der Waals surface area contributed by atoms with E-state index in [1.54, 1.807) is 0 Å². The highest BCUT2D eigenvalue weighted by atomic mass is 32.1. The Morgan fingerprint density at radius 3 is 1.60 bits per heavy atom. The Hall–Kier alpha value is 0.350. The van der Waals surface area contributed by atoms with Crippen molar-refractivity contribution in [2.45, 2.75) is 52.2 Å². The Bertz CT molecular complexity index is 97.8. The Balaban J connectivity index is 3.89. The van der Waals surface area contributed by atoms with Crippen LogP contribution in [0.2, 0.25) is 0 Å². The highest BCUT2D eigenvalue weighted by molar-refractivity contribution is 7.81. The minimum absolute atomic E-state index is 0.220. The molecule has 0 N–H and O–H groups in total. The predicted octanol–water partition coefficient (Wildman–Crippen LogP) is 3.52. The molecule has 0 aromatic rings. The summed E-state index contributed by atoms with van der Waals surface area (Å²) in [7, 11) is 0. The van der Waals surface area contributed by atoms with Crippen LogP contribution in [0.3, 0.4) is 0 Å². The second-order valence-electron chi connectivity index (χ2n) is 4.59. The predicted molar refractivity (Wildman–Crippen MR) is 51.8 cm³/mol. The van der Waals surface area contributed by atoms with Gasteiger partial charge in [-0.3, -0.25) is 0 Å². The summed E-state index contributed by atoms with van der Waals surface area (Å²) in [5.41, 5.74) is 0.409. The summed E-state index contributed by atoms with van der Waals surface area (Å²) in [6.45, 7) is 11.2. The average Bonchev–Trinajstić information content (AvgIpc) is 1.60.